The van der Waals surface area contributed by atoms with Crippen LogP contribution in [-0.2, 0) is 6.54 Å². The summed E-state index contributed by atoms with van der Waals surface area (Å²) in [6, 6.07) is 5.54. The summed E-state index contributed by atoms with van der Waals surface area (Å²) in [5.74, 6) is 0.615. The van der Waals surface area contributed by atoms with Crippen LogP contribution >= 0.6 is 11.3 Å². The predicted octanol–water partition coefficient (Wildman–Crippen LogP) is 1.78. The van der Waals surface area contributed by atoms with Crippen molar-refractivity contribution in [2.75, 3.05) is 5.73 Å². The maximum absolute atomic E-state index is 11.1. The third kappa shape index (κ3) is 2.24. The Morgan fingerprint density at radius 2 is 2.33 bits per heavy atom. The second kappa shape index (κ2) is 3.86. The van der Waals surface area contributed by atoms with Crippen molar-refractivity contribution < 1.29 is 4.79 Å². The summed E-state index contributed by atoms with van der Waals surface area (Å²) in [5.41, 5.74) is 5.50. The molecule has 0 spiro atoms. The maximum Gasteiger partial charge on any atom is 0.169 e. The number of rotatable bonds is 3. The first-order valence-electron chi connectivity index (χ1n) is 4.54. The van der Waals surface area contributed by atoms with Crippen molar-refractivity contribution in [3.8, 4) is 0 Å². The standard InChI is InChI=1S/C10H11N3OS/c1-7(14)9-3-2-8(15-9)6-13-5-4-10(11)12-13/h2-5H,6H2,1H3,(H2,11,12). The number of aromatic nitrogens is 2. The Balaban J connectivity index is 2.14. The zero-order valence-electron chi connectivity index (χ0n) is 8.30. The van der Waals surface area contributed by atoms with Gasteiger partial charge >= 0.3 is 0 Å². The number of anilines is 1. The number of ketones is 1. The van der Waals surface area contributed by atoms with Crippen LogP contribution in [0, 0.1) is 0 Å². The molecule has 0 atom stereocenters. The molecule has 0 aromatic carbocycles. The first-order valence-corrected chi connectivity index (χ1v) is 5.35. The molecule has 2 rings (SSSR count). The van der Waals surface area contributed by atoms with Gasteiger partial charge in [-0.3, -0.25) is 9.48 Å². The number of nitrogen functional groups attached to an aromatic ring is 1. The average Bonchev–Trinajstić information content (AvgIpc) is 2.76. The Hall–Kier alpha value is -1.62. The van der Waals surface area contributed by atoms with E-state index in [-0.39, 0.29) is 5.78 Å². The van der Waals surface area contributed by atoms with E-state index in [0.717, 1.165) is 9.75 Å². The molecule has 0 fully saturated rings. The van der Waals surface area contributed by atoms with Crippen molar-refractivity contribution in [2.24, 2.45) is 0 Å². The summed E-state index contributed by atoms with van der Waals surface area (Å²) >= 11 is 1.49. The van der Waals surface area contributed by atoms with Gasteiger partial charge in [0.2, 0.25) is 0 Å². The van der Waals surface area contributed by atoms with E-state index in [4.69, 9.17) is 5.73 Å². The monoisotopic (exact) mass is 221 g/mol. The fourth-order valence-electron chi connectivity index (χ4n) is 1.28. The molecule has 0 radical (unpaired) electrons. The Morgan fingerprint density at radius 1 is 1.53 bits per heavy atom. The van der Waals surface area contributed by atoms with E-state index in [9.17, 15) is 4.79 Å². The number of hydrogen-bond acceptors (Lipinski definition) is 4. The SMILES string of the molecule is CC(=O)c1ccc(Cn2ccc(N)n2)s1. The van der Waals surface area contributed by atoms with E-state index in [0.29, 0.717) is 12.4 Å². The van der Waals surface area contributed by atoms with Crippen molar-refractivity contribution in [1.29, 1.82) is 0 Å². The van der Waals surface area contributed by atoms with Crippen molar-refractivity contribution >= 4 is 22.9 Å². The van der Waals surface area contributed by atoms with Crippen LogP contribution in [0.5, 0.6) is 0 Å². The lowest BCUT2D eigenvalue weighted by Gasteiger charge is -1.96. The number of carbonyl (C=O) groups is 1. The highest BCUT2D eigenvalue weighted by Crippen LogP contribution is 2.17. The Bertz CT molecular complexity index is 486. The molecule has 2 aromatic heterocycles. The molecule has 0 bridgehead atoms. The first-order chi connectivity index (χ1) is 7.15. The number of Topliss-reactive ketones (excluding diaryl/α,β-unsaturated/α-hetero) is 1. The molecular weight excluding hydrogens is 210 g/mol. The van der Waals surface area contributed by atoms with Gasteiger partial charge in [0.05, 0.1) is 11.4 Å². The lowest BCUT2D eigenvalue weighted by Crippen LogP contribution is -1.99. The Morgan fingerprint density at radius 3 is 2.87 bits per heavy atom. The quantitative estimate of drug-likeness (QED) is 0.803. The van der Waals surface area contributed by atoms with Gasteiger partial charge in [0.15, 0.2) is 5.78 Å². The molecule has 0 aliphatic heterocycles. The topological polar surface area (TPSA) is 60.9 Å². The lowest BCUT2D eigenvalue weighted by molar-refractivity contribution is 0.102. The van der Waals surface area contributed by atoms with Crippen molar-refractivity contribution in [2.45, 2.75) is 13.5 Å². The Labute approximate surface area is 91.3 Å². The van der Waals surface area contributed by atoms with E-state index < -0.39 is 0 Å². The molecule has 2 aromatic rings. The summed E-state index contributed by atoms with van der Waals surface area (Å²) in [7, 11) is 0. The van der Waals surface area contributed by atoms with E-state index in [2.05, 4.69) is 5.10 Å². The molecule has 78 valence electrons. The van der Waals surface area contributed by atoms with Crippen molar-refractivity contribution in [1.82, 2.24) is 9.78 Å². The van der Waals surface area contributed by atoms with Crippen LogP contribution in [0.2, 0.25) is 0 Å². The van der Waals surface area contributed by atoms with E-state index in [1.807, 2.05) is 18.3 Å². The molecule has 2 N–H and O–H groups in total. The molecule has 5 heteroatoms. The summed E-state index contributed by atoms with van der Waals surface area (Å²) in [5, 5.41) is 4.08. The van der Waals surface area contributed by atoms with Gasteiger partial charge in [-0.15, -0.1) is 11.3 Å². The number of carbonyl (C=O) groups excluding carboxylic acids is 1. The molecular formula is C10H11N3OS. The van der Waals surface area contributed by atoms with Crippen LogP contribution in [0.4, 0.5) is 5.82 Å². The molecule has 0 saturated carbocycles. The maximum atomic E-state index is 11.1. The van der Waals surface area contributed by atoms with Gasteiger partial charge in [-0.25, -0.2) is 0 Å². The second-order valence-corrected chi connectivity index (χ2v) is 4.43. The van der Waals surface area contributed by atoms with Crippen LogP contribution in [-0.4, -0.2) is 15.6 Å². The summed E-state index contributed by atoms with van der Waals surface area (Å²) in [6.45, 7) is 2.23. The van der Waals surface area contributed by atoms with Crippen LogP contribution < -0.4 is 5.73 Å². The summed E-state index contributed by atoms with van der Waals surface area (Å²) in [4.78, 5) is 13.0. The van der Waals surface area contributed by atoms with Gasteiger partial charge in [-0.2, -0.15) is 5.10 Å². The van der Waals surface area contributed by atoms with E-state index >= 15 is 0 Å². The number of nitrogens with zero attached hydrogens (tertiary/aromatic N) is 2. The van der Waals surface area contributed by atoms with Crippen molar-refractivity contribution in [3.63, 3.8) is 0 Å². The lowest BCUT2D eigenvalue weighted by atomic mass is 10.3. The van der Waals surface area contributed by atoms with Gasteiger partial charge in [0, 0.05) is 11.1 Å². The smallest absolute Gasteiger partial charge is 0.169 e. The predicted molar refractivity (Wildman–Crippen MR) is 60.1 cm³/mol. The summed E-state index contributed by atoms with van der Waals surface area (Å²) < 4.78 is 1.76. The molecule has 0 amide bonds. The number of thiophene rings is 1. The fraction of sp³-hybridized carbons (Fsp3) is 0.200. The highest BCUT2D eigenvalue weighted by Gasteiger charge is 2.05. The molecule has 0 unspecified atom stereocenters. The van der Waals surface area contributed by atoms with Gasteiger partial charge in [0.1, 0.15) is 5.82 Å². The second-order valence-electron chi connectivity index (χ2n) is 3.26. The largest absolute Gasteiger partial charge is 0.382 e. The first kappa shape index (κ1) is 9.92. The molecule has 0 saturated heterocycles. The zero-order chi connectivity index (χ0) is 10.8. The average molecular weight is 221 g/mol. The van der Waals surface area contributed by atoms with E-state index in [1.54, 1.807) is 17.7 Å². The fourth-order valence-corrected chi connectivity index (χ4v) is 2.17. The summed E-state index contributed by atoms with van der Waals surface area (Å²) in [6.07, 6.45) is 1.82. The normalized spacial score (nSPS) is 10.5. The Kier molecular flexibility index (Phi) is 2.55. The molecule has 2 heterocycles. The van der Waals surface area contributed by atoms with E-state index in [1.165, 1.54) is 11.3 Å². The number of nitrogens with two attached hydrogens (primary N) is 1. The highest BCUT2D eigenvalue weighted by molar-refractivity contribution is 7.14. The molecule has 0 aliphatic rings. The molecule has 15 heavy (non-hydrogen) atoms. The number of hydrogen-bond donors (Lipinski definition) is 1. The minimum absolute atomic E-state index is 0.103. The molecule has 4 nitrogen and oxygen atoms in total. The van der Waals surface area contributed by atoms with Gasteiger partial charge in [-0.05, 0) is 25.1 Å². The molecule has 0 aliphatic carbocycles. The third-order valence-electron chi connectivity index (χ3n) is 1.99. The third-order valence-corrected chi connectivity index (χ3v) is 3.16. The minimum atomic E-state index is 0.103. The van der Waals surface area contributed by atoms with Crippen LogP contribution in [0.25, 0.3) is 0 Å². The van der Waals surface area contributed by atoms with Crippen molar-refractivity contribution in [3.05, 3.63) is 34.2 Å². The van der Waals surface area contributed by atoms with Crippen LogP contribution in [0.1, 0.15) is 21.5 Å². The van der Waals surface area contributed by atoms with Gasteiger partial charge in [0.25, 0.3) is 0 Å². The zero-order valence-corrected chi connectivity index (χ0v) is 9.12. The van der Waals surface area contributed by atoms with Crippen LogP contribution in [0.3, 0.4) is 0 Å². The minimum Gasteiger partial charge on any atom is -0.382 e. The van der Waals surface area contributed by atoms with Gasteiger partial charge in [-0.1, -0.05) is 0 Å². The highest BCUT2D eigenvalue weighted by atomic mass is 32.1. The van der Waals surface area contributed by atoms with Crippen LogP contribution in [0.15, 0.2) is 24.4 Å². The van der Waals surface area contributed by atoms with Gasteiger partial charge < -0.3 is 5.73 Å².